The fourth-order valence-electron chi connectivity index (χ4n) is 9.90. The fraction of sp³-hybridized carbons (Fsp3) is 0.719. The van der Waals surface area contributed by atoms with Crippen LogP contribution < -0.4 is 0 Å². The highest BCUT2D eigenvalue weighted by Crippen LogP contribution is 2.69. The molecule has 0 amide bonds. The predicted octanol–water partition coefficient (Wildman–Crippen LogP) is 7.49. The van der Waals surface area contributed by atoms with Gasteiger partial charge in [0.05, 0.1) is 19.3 Å². The Morgan fingerprint density at radius 1 is 1.03 bits per heavy atom. The lowest BCUT2D eigenvalue weighted by atomic mass is 9.43. The van der Waals surface area contributed by atoms with Gasteiger partial charge in [0.25, 0.3) is 0 Å². The minimum absolute atomic E-state index is 0.0626. The van der Waals surface area contributed by atoms with Crippen LogP contribution in [0.25, 0.3) is 11.3 Å². The van der Waals surface area contributed by atoms with Gasteiger partial charge < -0.3 is 4.74 Å². The first kappa shape index (κ1) is 25.1. The number of carbonyl (C=O) groups excluding carboxylic acids is 1. The zero-order chi connectivity index (χ0) is 25.6. The Bertz CT molecular complexity index is 1100. The number of rotatable bonds is 6. The van der Waals surface area contributed by atoms with Crippen LogP contribution in [0.2, 0.25) is 0 Å². The van der Waals surface area contributed by atoms with Gasteiger partial charge in [-0.05, 0) is 98.2 Å². The molecule has 8 atom stereocenters. The number of methoxy groups -OCH3 is 1. The second-order valence-electron chi connectivity index (χ2n) is 13.3. The quantitative estimate of drug-likeness (QED) is 0.383. The van der Waals surface area contributed by atoms with Gasteiger partial charge in [0, 0.05) is 12.0 Å². The Morgan fingerprint density at radius 3 is 2.65 bits per heavy atom. The third-order valence-electron chi connectivity index (χ3n) is 11.9. The van der Waals surface area contributed by atoms with Crippen molar-refractivity contribution >= 4 is 5.97 Å². The topological polar surface area (TPSA) is 57.0 Å². The van der Waals surface area contributed by atoms with Crippen LogP contribution in [0.4, 0.5) is 0 Å². The maximum Gasteiger partial charge on any atom is 0.305 e. The zero-order valence-corrected chi connectivity index (χ0v) is 23.1. The maximum absolute atomic E-state index is 11.8. The van der Waals surface area contributed by atoms with E-state index in [1.54, 1.807) is 0 Å². The van der Waals surface area contributed by atoms with E-state index in [4.69, 9.17) is 9.95 Å². The molecule has 0 saturated heterocycles. The summed E-state index contributed by atoms with van der Waals surface area (Å²) in [6, 6.07) is 11.0. The van der Waals surface area contributed by atoms with E-state index in [2.05, 4.69) is 60.2 Å². The van der Waals surface area contributed by atoms with E-state index in [9.17, 15) is 4.79 Å². The van der Waals surface area contributed by atoms with Crippen LogP contribution in [-0.2, 0) is 9.53 Å². The van der Waals surface area contributed by atoms with E-state index in [0.29, 0.717) is 29.2 Å². The highest BCUT2D eigenvalue weighted by Gasteiger charge is 2.62. The van der Waals surface area contributed by atoms with Crippen molar-refractivity contribution in [1.29, 1.82) is 0 Å². The average molecular weight is 504 g/mol. The number of nitrogens with zero attached hydrogens (tertiary/aromatic N) is 3. The number of esters is 1. The number of ether oxygens (including phenoxy) is 1. The zero-order valence-electron chi connectivity index (χ0n) is 23.1. The first-order valence-electron chi connectivity index (χ1n) is 15.0. The summed E-state index contributed by atoms with van der Waals surface area (Å²) in [5.74, 6) is 3.66. The molecule has 5 nitrogen and oxygen atoms in total. The van der Waals surface area contributed by atoms with Crippen molar-refractivity contribution in [3.05, 3.63) is 36.5 Å². The summed E-state index contributed by atoms with van der Waals surface area (Å²) in [5, 5.41) is 9.49. The number of carbonyl (C=O) groups is 1. The molecule has 1 aromatic carbocycles. The van der Waals surface area contributed by atoms with Crippen LogP contribution in [0.5, 0.6) is 0 Å². The van der Waals surface area contributed by atoms with Gasteiger partial charge in [-0.1, -0.05) is 62.2 Å². The molecule has 0 radical (unpaired) electrons. The largest absolute Gasteiger partial charge is 0.469 e. The Morgan fingerprint density at radius 2 is 1.84 bits per heavy atom. The minimum atomic E-state index is -0.0626. The SMILES string of the molecule is COC(=O)CCC[C@H]1CCC2C3C(CC[C@@]21C)[C@@]1(C)CCCCC1C[C@@H]3n1cc(-c2ccccc2)nn1. The van der Waals surface area contributed by atoms with E-state index in [0.717, 1.165) is 47.8 Å². The van der Waals surface area contributed by atoms with Crippen molar-refractivity contribution in [1.82, 2.24) is 15.0 Å². The second-order valence-corrected chi connectivity index (χ2v) is 13.3. The first-order chi connectivity index (χ1) is 17.9. The van der Waals surface area contributed by atoms with E-state index in [1.807, 2.05) is 0 Å². The Kier molecular flexibility index (Phi) is 6.69. The number of benzene rings is 1. The lowest BCUT2D eigenvalue weighted by Gasteiger charge is -2.62. The highest BCUT2D eigenvalue weighted by atomic mass is 16.5. The van der Waals surface area contributed by atoms with E-state index in [1.165, 1.54) is 64.9 Å². The maximum atomic E-state index is 11.8. The van der Waals surface area contributed by atoms with Gasteiger partial charge in [-0.3, -0.25) is 4.79 Å². The van der Waals surface area contributed by atoms with Gasteiger partial charge in [-0.2, -0.15) is 0 Å². The normalized spacial score (nSPS) is 38.9. The number of fused-ring (bicyclic) bond motifs is 5. The fourth-order valence-corrected chi connectivity index (χ4v) is 9.90. The molecule has 0 N–H and O–H groups in total. The molecule has 1 heterocycles. The summed E-state index contributed by atoms with van der Waals surface area (Å²) >= 11 is 0. The molecule has 5 heteroatoms. The predicted molar refractivity (Wildman–Crippen MR) is 146 cm³/mol. The molecule has 2 aromatic rings. The molecular formula is C32H45N3O2. The average Bonchev–Trinajstić information content (AvgIpc) is 3.53. The standard InChI is InChI=1S/C32H45N3O2/c1-31-18-8-7-12-24(31)20-28(35-21-27(33-34-35)22-10-5-4-6-11-22)30-25-16-15-23(13-9-14-29(36)37-3)32(25,2)19-17-26(30)31/h4-6,10-11,21,23-26,28,30H,7-9,12-20H2,1-3H3/t23-,24?,25?,26?,28-,30?,31-,32+/m0/s1. The molecule has 4 unspecified atom stereocenters. The van der Waals surface area contributed by atoms with Crippen LogP contribution in [0.3, 0.4) is 0 Å². The van der Waals surface area contributed by atoms with Crippen LogP contribution >= 0.6 is 0 Å². The lowest BCUT2D eigenvalue weighted by molar-refractivity contribution is -0.141. The van der Waals surface area contributed by atoms with Crippen molar-refractivity contribution in [2.24, 2.45) is 40.4 Å². The molecule has 4 fully saturated rings. The van der Waals surface area contributed by atoms with Crippen molar-refractivity contribution < 1.29 is 9.53 Å². The molecule has 4 saturated carbocycles. The summed E-state index contributed by atoms with van der Waals surface area (Å²) in [7, 11) is 1.51. The van der Waals surface area contributed by atoms with Crippen LogP contribution in [-0.4, -0.2) is 28.1 Å². The summed E-state index contributed by atoms with van der Waals surface area (Å²) in [5.41, 5.74) is 3.01. The molecule has 4 aliphatic rings. The molecule has 200 valence electrons. The van der Waals surface area contributed by atoms with Crippen LogP contribution in [0, 0.1) is 40.4 Å². The van der Waals surface area contributed by atoms with Gasteiger partial charge in [0.15, 0.2) is 0 Å². The van der Waals surface area contributed by atoms with Crippen molar-refractivity contribution in [2.45, 2.75) is 96.9 Å². The molecule has 0 bridgehead atoms. The van der Waals surface area contributed by atoms with Crippen molar-refractivity contribution in [3.63, 3.8) is 0 Å². The third-order valence-corrected chi connectivity index (χ3v) is 11.9. The number of aromatic nitrogens is 3. The molecule has 37 heavy (non-hydrogen) atoms. The van der Waals surface area contributed by atoms with E-state index < -0.39 is 0 Å². The molecule has 4 aliphatic carbocycles. The van der Waals surface area contributed by atoms with Gasteiger partial charge in [-0.25, -0.2) is 4.68 Å². The van der Waals surface area contributed by atoms with Crippen LogP contribution in [0.1, 0.15) is 96.9 Å². The smallest absolute Gasteiger partial charge is 0.305 e. The van der Waals surface area contributed by atoms with Crippen LogP contribution in [0.15, 0.2) is 36.5 Å². The summed E-state index contributed by atoms with van der Waals surface area (Å²) < 4.78 is 7.22. The molecule has 1 aromatic heterocycles. The van der Waals surface area contributed by atoms with Gasteiger partial charge in [-0.15, -0.1) is 5.10 Å². The highest BCUT2D eigenvalue weighted by molar-refractivity contribution is 5.69. The summed E-state index contributed by atoms with van der Waals surface area (Å²) in [6.45, 7) is 5.26. The Labute approximate surface area is 222 Å². The van der Waals surface area contributed by atoms with E-state index in [-0.39, 0.29) is 5.97 Å². The van der Waals surface area contributed by atoms with Crippen molar-refractivity contribution in [2.75, 3.05) is 7.11 Å². The number of hydrogen-bond donors (Lipinski definition) is 0. The number of hydrogen-bond acceptors (Lipinski definition) is 4. The van der Waals surface area contributed by atoms with E-state index >= 15 is 0 Å². The first-order valence-corrected chi connectivity index (χ1v) is 15.0. The van der Waals surface area contributed by atoms with Crippen molar-refractivity contribution in [3.8, 4) is 11.3 Å². The Balaban J connectivity index is 1.31. The van der Waals surface area contributed by atoms with Gasteiger partial charge >= 0.3 is 5.97 Å². The summed E-state index contributed by atoms with van der Waals surface area (Å²) in [4.78, 5) is 11.8. The van der Waals surface area contributed by atoms with Gasteiger partial charge in [0.2, 0.25) is 0 Å². The second kappa shape index (κ2) is 9.85. The lowest BCUT2D eigenvalue weighted by Crippen LogP contribution is -2.56. The third kappa shape index (κ3) is 4.25. The molecule has 6 rings (SSSR count). The monoisotopic (exact) mass is 503 g/mol. The molecular weight excluding hydrogens is 458 g/mol. The molecule has 0 aliphatic heterocycles. The van der Waals surface area contributed by atoms with Gasteiger partial charge in [0.1, 0.15) is 5.69 Å². The Hall–Kier alpha value is -2.17. The summed E-state index contributed by atoms with van der Waals surface area (Å²) in [6.07, 6.45) is 17.1. The minimum Gasteiger partial charge on any atom is -0.469 e. The molecule has 0 spiro atoms.